The molecule has 94 valence electrons. The molecule has 1 N–H and O–H groups in total. The summed E-state index contributed by atoms with van der Waals surface area (Å²) in [6.07, 6.45) is 0.788. The Morgan fingerprint density at radius 3 is 2.65 bits per heavy atom. The van der Waals surface area contributed by atoms with Gasteiger partial charge in [0.05, 0.1) is 7.11 Å². The van der Waals surface area contributed by atoms with E-state index in [1.54, 1.807) is 7.11 Å². The van der Waals surface area contributed by atoms with Gasteiger partial charge < -0.3 is 14.7 Å². The highest BCUT2D eigenvalue weighted by Gasteiger charge is 2.41. The van der Waals surface area contributed by atoms with Crippen LogP contribution in [-0.2, 0) is 5.60 Å². The monoisotopic (exact) mass is 235 g/mol. The molecule has 0 bridgehead atoms. The Bertz CT molecular complexity index is 407. The van der Waals surface area contributed by atoms with E-state index in [4.69, 9.17) is 4.74 Å². The third kappa shape index (κ3) is 2.17. The summed E-state index contributed by atoms with van der Waals surface area (Å²) in [6, 6.07) is 6.31. The van der Waals surface area contributed by atoms with Crippen LogP contribution in [0.2, 0.25) is 0 Å². The van der Waals surface area contributed by atoms with E-state index in [0.29, 0.717) is 12.6 Å². The van der Waals surface area contributed by atoms with E-state index in [1.807, 2.05) is 25.1 Å². The first-order chi connectivity index (χ1) is 7.96. The molecular formula is C14H21NO2. The van der Waals surface area contributed by atoms with E-state index < -0.39 is 5.60 Å². The summed E-state index contributed by atoms with van der Waals surface area (Å²) in [6.45, 7) is 4.87. The lowest BCUT2D eigenvalue weighted by Gasteiger charge is -2.25. The van der Waals surface area contributed by atoms with E-state index in [9.17, 15) is 5.11 Å². The summed E-state index contributed by atoms with van der Waals surface area (Å²) in [5, 5.41) is 10.8. The number of ether oxygens (including phenoxy) is 1. The zero-order valence-corrected chi connectivity index (χ0v) is 11.0. The van der Waals surface area contributed by atoms with Gasteiger partial charge in [-0.1, -0.05) is 6.07 Å². The van der Waals surface area contributed by atoms with Crippen LogP contribution in [0.3, 0.4) is 0 Å². The molecule has 3 nitrogen and oxygen atoms in total. The van der Waals surface area contributed by atoms with Gasteiger partial charge in [-0.3, -0.25) is 0 Å². The molecule has 3 heteroatoms. The molecule has 1 aromatic rings. The fourth-order valence-corrected chi connectivity index (χ4v) is 2.76. The van der Waals surface area contributed by atoms with Gasteiger partial charge in [-0.2, -0.15) is 0 Å². The molecule has 1 saturated heterocycles. The van der Waals surface area contributed by atoms with Crippen molar-refractivity contribution in [2.24, 2.45) is 0 Å². The Morgan fingerprint density at radius 2 is 2.18 bits per heavy atom. The lowest BCUT2D eigenvalue weighted by Crippen LogP contribution is -2.30. The third-order valence-corrected chi connectivity index (χ3v) is 3.83. The Morgan fingerprint density at radius 1 is 1.47 bits per heavy atom. The molecule has 2 rings (SSSR count). The second-order valence-electron chi connectivity index (χ2n) is 5.18. The van der Waals surface area contributed by atoms with Gasteiger partial charge in [-0.05, 0) is 50.6 Å². The molecule has 0 saturated carbocycles. The minimum absolute atomic E-state index is 0.418. The van der Waals surface area contributed by atoms with Gasteiger partial charge in [-0.25, -0.2) is 0 Å². The fraction of sp³-hybridized carbons (Fsp3) is 0.571. The summed E-state index contributed by atoms with van der Waals surface area (Å²) in [4.78, 5) is 2.20. The Labute approximate surface area is 103 Å². The Balaban J connectivity index is 2.34. The smallest absolute Gasteiger partial charge is 0.119 e. The van der Waals surface area contributed by atoms with Crippen LogP contribution >= 0.6 is 0 Å². The van der Waals surface area contributed by atoms with Crippen molar-refractivity contribution in [3.63, 3.8) is 0 Å². The first-order valence-corrected chi connectivity index (χ1v) is 6.04. The predicted molar refractivity (Wildman–Crippen MR) is 68.3 cm³/mol. The van der Waals surface area contributed by atoms with Gasteiger partial charge in [0.15, 0.2) is 0 Å². The Kier molecular flexibility index (Phi) is 3.15. The molecule has 0 aromatic heterocycles. The van der Waals surface area contributed by atoms with Crippen LogP contribution in [-0.4, -0.2) is 36.8 Å². The molecular weight excluding hydrogens is 214 g/mol. The summed E-state index contributed by atoms with van der Waals surface area (Å²) >= 11 is 0. The summed E-state index contributed by atoms with van der Waals surface area (Å²) < 4.78 is 5.20. The van der Waals surface area contributed by atoms with Gasteiger partial charge in [0.2, 0.25) is 0 Å². The highest BCUT2D eigenvalue weighted by atomic mass is 16.5. The number of benzene rings is 1. The number of likely N-dealkylation sites (N-methyl/N-ethyl adjacent to an activating group) is 1. The van der Waals surface area contributed by atoms with E-state index in [1.165, 1.54) is 0 Å². The van der Waals surface area contributed by atoms with Crippen LogP contribution in [0.4, 0.5) is 0 Å². The van der Waals surface area contributed by atoms with Crippen molar-refractivity contribution < 1.29 is 9.84 Å². The number of aryl methyl sites for hydroxylation is 1. The molecule has 1 aliphatic rings. The normalized spacial score (nSPS) is 29.6. The van der Waals surface area contributed by atoms with Crippen LogP contribution in [0.5, 0.6) is 5.75 Å². The highest BCUT2D eigenvalue weighted by Crippen LogP contribution is 2.37. The molecule has 1 fully saturated rings. The first-order valence-electron chi connectivity index (χ1n) is 6.04. The fourth-order valence-electron chi connectivity index (χ4n) is 2.76. The maximum atomic E-state index is 10.8. The first kappa shape index (κ1) is 12.4. The topological polar surface area (TPSA) is 32.7 Å². The number of methoxy groups -OCH3 is 1. The van der Waals surface area contributed by atoms with Crippen LogP contribution < -0.4 is 4.74 Å². The van der Waals surface area contributed by atoms with Crippen molar-refractivity contribution >= 4 is 0 Å². The molecule has 0 spiro atoms. The second kappa shape index (κ2) is 4.31. The van der Waals surface area contributed by atoms with Crippen LogP contribution in [0.1, 0.15) is 24.5 Å². The number of likely N-dealkylation sites (tertiary alicyclic amines) is 1. The number of nitrogens with zero attached hydrogens (tertiary/aromatic N) is 1. The van der Waals surface area contributed by atoms with Crippen LogP contribution in [0.25, 0.3) is 0 Å². The Hall–Kier alpha value is -1.06. The minimum atomic E-state index is -0.718. The van der Waals surface area contributed by atoms with E-state index in [-0.39, 0.29) is 0 Å². The van der Waals surface area contributed by atoms with Gasteiger partial charge in [0.25, 0.3) is 0 Å². The zero-order chi connectivity index (χ0) is 12.6. The van der Waals surface area contributed by atoms with Gasteiger partial charge in [0, 0.05) is 12.6 Å². The summed E-state index contributed by atoms with van der Waals surface area (Å²) in [5.74, 6) is 0.842. The van der Waals surface area contributed by atoms with Crippen LogP contribution in [0, 0.1) is 6.92 Å². The molecule has 0 radical (unpaired) electrons. The molecule has 1 aromatic carbocycles. The summed E-state index contributed by atoms with van der Waals surface area (Å²) in [7, 11) is 3.72. The largest absolute Gasteiger partial charge is 0.497 e. The zero-order valence-electron chi connectivity index (χ0n) is 11.0. The second-order valence-corrected chi connectivity index (χ2v) is 5.18. The highest BCUT2D eigenvalue weighted by molar-refractivity contribution is 5.39. The third-order valence-electron chi connectivity index (χ3n) is 3.83. The lowest BCUT2D eigenvalue weighted by molar-refractivity contribution is 0.0479. The van der Waals surface area contributed by atoms with E-state index >= 15 is 0 Å². The maximum absolute atomic E-state index is 10.8. The molecule has 1 aliphatic heterocycles. The maximum Gasteiger partial charge on any atom is 0.119 e. The quantitative estimate of drug-likeness (QED) is 0.850. The SMILES string of the molecule is COc1ccc(C2(O)CC(C)N(C)C2)c(C)c1. The lowest BCUT2D eigenvalue weighted by atomic mass is 9.88. The number of hydrogen-bond donors (Lipinski definition) is 1. The number of aliphatic hydroxyl groups is 1. The molecule has 2 unspecified atom stereocenters. The molecule has 0 aliphatic carbocycles. The number of hydrogen-bond acceptors (Lipinski definition) is 3. The standard InChI is InChI=1S/C14H21NO2/c1-10-7-12(17-4)5-6-13(10)14(16)8-11(2)15(3)9-14/h5-7,11,16H,8-9H2,1-4H3. The minimum Gasteiger partial charge on any atom is -0.497 e. The molecule has 1 heterocycles. The molecule has 17 heavy (non-hydrogen) atoms. The summed E-state index contributed by atoms with van der Waals surface area (Å²) in [5.41, 5.74) is 1.40. The van der Waals surface area contributed by atoms with Crippen molar-refractivity contribution in [1.82, 2.24) is 4.90 Å². The van der Waals surface area contributed by atoms with Crippen molar-refractivity contribution in [3.8, 4) is 5.75 Å². The molecule has 0 amide bonds. The van der Waals surface area contributed by atoms with Crippen molar-refractivity contribution in [2.75, 3.05) is 20.7 Å². The number of rotatable bonds is 2. The van der Waals surface area contributed by atoms with Gasteiger partial charge >= 0.3 is 0 Å². The number of β-amino-alcohol motifs (C(OH)–C–C–N with tert-alkyl or cyclic N) is 1. The van der Waals surface area contributed by atoms with Crippen molar-refractivity contribution in [2.45, 2.75) is 31.9 Å². The van der Waals surface area contributed by atoms with Gasteiger partial charge in [0.1, 0.15) is 11.4 Å². The predicted octanol–water partition coefficient (Wildman–Crippen LogP) is 1.92. The van der Waals surface area contributed by atoms with Crippen molar-refractivity contribution in [3.05, 3.63) is 29.3 Å². The van der Waals surface area contributed by atoms with E-state index in [2.05, 4.69) is 18.9 Å². The average molecular weight is 235 g/mol. The van der Waals surface area contributed by atoms with Crippen molar-refractivity contribution in [1.29, 1.82) is 0 Å². The van der Waals surface area contributed by atoms with Gasteiger partial charge in [-0.15, -0.1) is 0 Å². The van der Waals surface area contributed by atoms with E-state index in [0.717, 1.165) is 23.3 Å². The average Bonchev–Trinajstić information content (AvgIpc) is 2.53. The molecule has 2 atom stereocenters. The van der Waals surface area contributed by atoms with Crippen LogP contribution in [0.15, 0.2) is 18.2 Å².